The van der Waals surface area contributed by atoms with E-state index in [0.29, 0.717) is 0 Å². The summed E-state index contributed by atoms with van der Waals surface area (Å²) >= 11 is -11.2. The molecule has 0 aromatic heterocycles. The first-order valence-corrected chi connectivity index (χ1v) is 11.3. The van der Waals surface area contributed by atoms with Crippen LogP contribution in [0.3, 0.4) is 0 Å². The molecule has 0 aliphatic heterocycles. The van der Waals surface area contributed by atoms with Crippen LogP contribution < -0.4 is 0 Å². The third kappa shape index (κ3) is 25.0. The quantitative estimate of drug-likeness (QED) is 0.262. The molecule has 8 heteroatoms. The van der Waals surface area contributed by atoms with Crippen LogP contribution in [-0.4, -0.2) is 19.5 Å². The van der Waals surface area contributed by atoms with E-state index in [0.717, 1.165) is 6.42 Å². The summed E-state index contributed by atoms with van der Waals surface area (Å²) in [4.78, 5) is 0. The first-order valence-electron chi connectivity index (χ1n) is 5.56. The fourth-order valence-corrected chi connectivity index (χ4v) is 1.00. The molecule has 0 fully saturated rings. The molecule has 0 atom stereocenters. The molecule has 1 aromatic rings. The molecule has 0 bridgehead atoms. The fraction of sp³-hybridized carbons (Fsp3) is 0.231. The van der Waals surface area contributed by atoms with Gasteiger partial charge in [0.2, 0.25) is 0 Å². The van der Waals surface area contributed by atoms with E-state index in [9.17, 15) is 16.9 Å². The number of hydrogen-bond acceptors (Lipinski definition) is 0. The molecule has 1 radical (unpaired) electrons. The van der Waals surface area contributed by atoms with Gasteiger partial charge >= 0.3 is 53.4 Å². The molecule has 0 nitrogen and oxygen atoms in total. The summed E-state index contributed by atoms with van der Waals surface area (Å²) in [7, 11) is 0. The fourth-order valence-electron chi connectivity index (χ4n) is 1.00. The normalized spacial score (nSPS) is 15.4. The van der Waals surface area contributed by atoms with Crippen LogP contribution in [0.4, 0.5) is 16.9 Å². The van der Waals surface area contributed by atoms with Crippen LogP contribution in [0.5, 0.6) is 0 Å². The van der Waals surface area contributed by atoms with Crippen molar-refractivity contribution in [3.8, 4) is 0 Å². The zero-order valence-corrected chi connectivity index (χ0v) is 15.0. The first kappa shape index (κ1) is 22.9. The van der Waals surface area contributed by atoms with Gasteiger partial charge in [-0.25, -0.2) is 12.2 Å². The Morgan fingerprint density at radius 2 is 1.29 bits per heavy atom. The second-order valence-corrected chi connectivity index (χ2v) is 9.52. The second-order valence-electron chi connectivity index (χ2n) is 4.05. The van der Waals surface area contributed by atoms with Crippen LogP contribution in [0, 0.1) is 19.9 Å². The van der Waals surface area contributed by atoms with Crippen molar-refractivity contribution in [1.82, 2.24) is 0 Å². The number of rotatable bonds is 0. The van der Waals surface area contributed by atoms with Gasteiger partial charge in [0.1, 0.15) is 0 Å². The molecule has 0 unspecified atom stereocenters. The molecule has 0 saturated carbocycles. The van der Waals surface area contributed by atoms with E-state index in [-0.39, 0.29) is 17.1 Å². The molecule has 1 aromatic carbocycles. The monoisotopic (exact) mass is 462 g/mol. The number of halogens is 6. The van der Waals surface area contributed by atoms with Gasteiger partial charge in [0.05, 0.1) is 0 Å². The molecule has 0 saturated heterocycles. The van der Waals surface area contributed by atoms with Gasteiger partial charge in [0.15, 0.2) is 0 Å². The predicted octanol–water partition coefficient (Wildman–Crippen LogP) is 5.75. The minimum Gasteiger partial charge on any atom is 3.00 e. The molecule has 1 aliphatic carbocycles. The zero-order chi connectivity index (χ0) is 15.9. The molecule has 2 rings (SSSR count). The van der Waals surface area contributed by atoms with E-state index in [1.165, 1.54) is 11.1 Å². The number of allylic oxidation sites excluding steroid dienone is 4. The largest absolute Gasteiger partial charge is 3.00 e. The van der Waals surface area contributed by atoms with Crippen LogP contribution in [-0.2, 0) is 17.1 Å². The average Bonchev–Trinajstić information content (AvgIpc) is 2.76. The summed E-state index contributed by atoms with van der Waals surface area (Å²) in [6.07, 6.45) is 10.0. The molecule has 0 heterocycles. The van der Waals surface area contributed by atoms with Gasteiger partial charge in [-0.05, 0) is 25.0 Å². The third-order valence-corrected chi connectivity index (χ3v) is 2.01. The van der Waals surface area contributed by atoms with E-state index in [2.05, 4.69) is 50.3 Å². The van der Waals surface area contributed by atoms with Gasteiger partial charge in [-0.1, -0.05) is 24.3 Å². The van der Waals surface area contributed by atoms with Crippen LogP contribution in [0.25, 0.3) is 0 Å². The van der Waals surface area contributed by atoms with Gasteiger partial charge in [-0.15, -0.1) is 6.42 Å². The van der Waals surface area contributed by atoms with E-state index < -0.39 is 19.5 Å². The Hall–Kier alpha value is -0.382. The SMILES string of the molecule is Cc1ccccc1C.[C-]1=CC=CC1.[F][Sb-]([F])([F])([F])([F])[F].[Fe+3]. The summed E-state index contributed by atoms with van der Waals surface area (Å²) in [5.41, 5.74) is 2.74. The summed E-state index contributed by atoms with van der Waals surface area (Å²) in [5, 5.41) is 0. The van der Waals surface area contributed by atoms with E-state index in [1.807, 2.05) is 12.2 Å². The molecule has 0 amide bonds. The molecular weight excluding hydrogens is 448 g/mol. The van der Waals surface area contributed by atoms with Crippen molar-refractivity contribution < 1.29 is 33.9 Å². The van der Waals surface area contributed by atoms with Crippen molar-refractivity contribution in [2.24, 2.45) is 0 Å². The Morgan fingerprint density at radius 3 is 1.43 bits per heavy atom. The molecule has 0 spiro atoms. The van der Waals surface area contributed by atoms with Gasteiger partial charge in [-0.3, -0.25) is 6.08 Å². The molecule has 121 valence electrons. The molecule has 0 N–H and O–H groups in total. The van der Waals surface area contributed by atoms with Crippen molar-refractivity contribution >= 4 is 19.5 Å². The first-order chi connectivity index (χ1) is 8.75. The standard InChI is InChI=1S/C8H10.C5H5.6FH.Fe.Sb/c1-7-5-3-4-6-8(7)2;1-2-4-5-3-1;;;;;;;;/h3-6H,1-2H3;1-3H,4H2;6*1H;;/q;-1;;;;;;;+3;+5/p-6. The van der Waals surface area contributed by atoms with Crippen molar-refractivity contribution in [2.75, 3.05) is 0 Å². The summed E-state index contributed by atoms with van der Waals surface area (Å²) in [5.74, 6) is 0. The smallest absolute Gasteiger partial charge is 3.00 e. The van der Waals surface area contributed by atoms with Gasteiger partial charge in [0.25, 0.3) is 0 Å². The Labute approximate surface area is 133 Å². The van der Waals surface area contributed by atoms with E-state index in [1.54, 1.807) is 0 Å². The minimum atomic E-state index is -11.2. The van der Waals surface area contributed by atoms with Crippen LogP contribution >= 0.6 is 0 Å². The topological polar surface area (TPSA) is 0 Å². The van der Waals surface area contributed by atoms with Crippen molar-refractivity contribution in [1.29, 1.82) is 0 Å². The van der Waals surface area contributed by atoms with Crippen LogP contribution in [0.2, 0.25) is 0 Å². The maximum Gasteiger partial charge on any atom is 3.00 e. The Balaban J connectivity index is 0. The van der Waals surface area contributed by atoms with Gasteiger partial charge in [-0.2, -0.15) is 6.08 Å². The second kappa shape index (κ2) is 7.75. The third-order valence-electron chi connectivity index (χ3n) is 2.01. The summed E-state index contributed by atoms with van der Waals surface area (Å²) in [6, 6.07) is 8.36. The van der Waals surface area contributed by atoms with Crippen molar-refractivity contribution in [3.63, 3.8) is 0 Å². The molecule has 21 heavy (non-hydrogen) atoms. The Kier molecular flexibility index (Phi) is 8.45. The molecular formula is C13H15F6FeSb+. The van der Waals surface area contributed by atoms with E-state index >= 15 is 0 Å². The van der Waals surface area contributed by atoms with Crippen LogP contribution in [0.1, 0.15) is 17.5 Å². The average molecular weight is 463 g/mol. The zero-order valence-electron chi connectivity index (χ0n) is 11.3. The number of benzene rings is 1. The maximum atomic E-state index is 9.93. The van der Waals surface area contributed by atoms with Crippen LogP contribution in [0.15, 0.2) is 42.5 Å². The van der Waals surface area contributed by atoms with E-state index in [4.69, 9.17) is 0 Å². The minimum absolute atomic E-state index is 0. The Bertz CT molecular complexity index is 448. The van der Waals surface area contributed by atoms with Gasteiger partial charge in [0, 0.05) is 0 Å². The van der Waals surface area contributed by atoms with Gasteiger partial charge < -0.3 is 0 Å². The predicted molar refractivity (Wildman–Crippen MR) is 69.9 cm³/mol. The van der Waals surface area contributed by atoms with Crippen molar-refractivity contribution in [2.45, 2.75) is 20.3 Å². The number of aryl methyl sites for hydroxylation is 2. The molecule has 1 aliphatic rings. The summed E-state index contributed by atoms with van der Waals surface area (Å²) in [6.45, 7) is 4.24. The summed E-state index contributed by atoms with van der Waals surface area (Å²) < 4.78 is 59.6. The Morgan fingerprint density at radius 1 is 0.905 bits per heavy atom. The maximum absolute atomic E-state index is 11.2. The number of hydrogen-bond donors (Lipinski definition) is 0. The van der Waals surface area contributed by atoms with Crippen molar-refractivity contribution in [3.05, 3.63) is 59.7 Å².